The van der Waals surface area contributed by atoms with Crippen LogP contribution in [0.2, 0.25) is 0 Å². The van der Waals surface area contributed by atoms with Crippen LogP contribution in [0.5, 0.6) is 0 Å². The molecule has 0 aliphatic rings. The van der Waals surface area contributed by atoms with E-state index in [4.69, 9.17) is 9.84 Å². The Kier molecular flexibility index (Phi) is 4.99. The van der Waals surface area contributed by atoms with Gasteiger partial charge in [0.2, 0.25) is 0 Å². The lowest BCUT2D eigenvalue weighted by atomic mass is 10.1. The standard InChI is InChI=1S/C13H18O3/c1-10(2)9-16-12(13(14)15)8-11-6-4-3-5-7-11/h3-7,10,12H,8-9H2,1-2H3,(H,14,15)/t12-/m1/s1. The Morgan fingerprint density at radius 3 is 2.44 bits per heavy atom. The minimum Gasteiger partial charge on any atom is -0.479 e. The van der Waals surface area contributed by atoms with E-state index in [1.165, 1.54) is 0 Å². The van der Waals surface area contributed by atoms with E-state index in [0.29, 0.717) is 18.9 Å². The number of aliphatic carboxylic acids is 1. The first-order chi connectivity index (χ1) is 7.59. The van der Waals surface area contributed by atoms with Crippen LogP contribution < -0.4 is 0 Å². The van der Waals surface area contributed by atoms with E-state index in [2.05, 4.69) is 0 Å². The number of hydrogen-bond donors (Lipinski definition) is 1. The van der Waals surface area contributed by atoms with Crippen molar-refractivity contribution < 1.29 is 14.6 Å². The molecule has 0 heterocycles. The summed E-state index contributed by atoms with van der Waals surface area (Å²) in [5.74, 6) is -0.554. The van der Waals surface area contributed by atoms with Crippen molar-refractivity contribution in [1.82, 2.24) is 0 Å². The van der Waals surface area contributed by atoms with Gasteiger partial charge in [0, 0.05) is 6.42 Å². The molecule has 1 rings (SSSR count). The molecule has 0 saturated heterocycles. The van der Waals surface area contributed by atoms with Crippen molar-refractivity contribution in [2.45, 2.75) is 26.4 Å². The van der Waals surface area contributed by atoms with Gasteiger partial charge in [0.1, 0.15) is 0 Å². The summed E-state index contributed by atoms with van der Waals surface area (Å²) < 4.78 is 5.37. The normalized spacial score (nSPS) is 12.7. The molecule has 88 valence electrons. The number of rotatable bonds is 6. The van der Waals surface area contributed by atoms with Crippen LogP contribution in [0.3, 0.4) is 0 Å². The maximum atomic E-state index is 11.0. The zero-order valence-electron chi connectivity index (χ0n) is 9.72. The summed E-state index contributed by atoms with van der Waals surface area (Å²) in [4.78, 5) is 11.0. The minimum absolute atomic E-state index is 0.345. The molecule has 0 saturated carbocycles. The second-order valence-electron chi connectivity index (χ2n) is 4.24. The largest absolute Gasteiger partial charge is 0.479 e. The molecule has 0 aromatic heterocycles. The summed E-state index contributed by atoms with van der Waals surface area (Å²) in [6.45, 7) is 4.48. The van der Waals surface area contributed by atoms with Crippen LogP contribution in [-0.2, 0) is 16.0 Å². The van der Waals surface area contributed by atoms with Crippen LogP contribution >= 0.6 is 0 Å². The molecule has 1 N–H and O–H groups in total. The van der Waals surface area contributed by atoms with Crippen molar-refractivity contribution in [3.8, 4) is 0 Å². The molecule has 0 unspecified atom stereocenters. The van der Waals surface area contributed by atoms with E-state index in [9.17, 15) is 4.79 Å². The molecule has 1 aromatic carbocycles. The molecular formula is C13H18O3. The van der Waals surface area contributed by atoms with Crippen molar-refractivity contribution in [2.75, 3.05) is 6.61 Å². The van der Waals surface area contributed by atoms with Crippen molar-refractivity contribution >= 4 is 5.97 Å². The zero-order chi connectivity index (χ0) is 12.0. The van der Waals surface area contributed by atoms with Gasteiger partial charge in [-0.25, -0.2) is 4.79 Å². The SMILES string of the molecule is CC(C)CO[C@H](Cc1ccccc1)C(=O)O. The summed E-state index contributed by atoms with van der Waals surface area (Å²) in [6.07, 6.45) is -0.326. The highest BCUT2D eigenvalue weighted by Crippen LogP contribution is 2.08. The van der Waals surface area contributed by atoms with Crippen molar-refractivity contribution in [1.29, 1.82) is 0 Å². The monoisotopic (exact) mass is 222 g/mol. The van der Waals surface area contributed by atoms with E-state index in [1.807, 2.05) is 44.2 Å². The summed E-state index contributed by atoms with van der Waals surface area (Å²) in [7, 11) is 0. The summed E-state index contributed by atoms with van der Waals surface area (Å²) in [5.41, 5.74) is 0.985. The second kappa shape index (κ2) is 6.28. The van der Waals surface area contributed by atoms with Crippen LogP contribution in [0.25, 0.3) is 0 Å². The maximum absolute atomic E-state index is 11.0. The molecule has 0 fully saturated rings. The van der Waals surface area contributed by atoms with E-state index < -0.39 is 12.1 Å². The van der Waals surface area contributed by atoms with Crippen LogP contribution in [-0.4, -0.2) is 23.8 Å². The van der Waals surface area contributed by atoms with Gasteiger partial charge in [0.15, 0.2) is 6.10 Å². The van der Waals surface area contributed by atoms with Crippen LogP contribution in [0.15, 0.2) is 30.3 Å². The number of benzene rings is 1. The maximum Gasteiger partial charge on any atom is 0.333 e. The van der Waals surface area contributed by atoms with Gasteiger partial charge < -0.3 is 9.84 Å². The molecule has 16 heavy (non-hydrogen) atoms. The molecule has 3 nitrogen and oxygen atoms in total. The predicted molar refractivity (Wildman–Crippen MR) is 62.4 cm³/mol. The van der Waals surface area contributed by atoms with Gasteiger partial charge in [-0.2, -0.15) is 0 Å². The molecule has 3 heteroatoms. The van der Waals surface area contributed by atoms with Crippen LogP contribution in [0, 0.1) is 5.92 Å². The molecule has 1 atom stereocenters. The van der Waals surface area contributed by atoms with Crippen molar-refractivity contribution in [2.24, 2.45) is 5.92 Å². The highest BCUT2D eigenvalue weighted by Gasteiger charge is 2.18. The van der Waals surface area contributed by atoms with E-state index in [0.717, 1.165) is 5.56 Å². The Bertz CT molecular complexity index is 319. The summed E-state index contributed by atoms with van der Waals surface area (Å²) in [6, 6.07) is 9.53. The summed E-state index contributed by atoms with van der Waals surface area (Å²) >= 11 is 0. The number of carbonyl (C=O) groups is 1. The fourth-order valence-corrected chi connectivity index (χ4v) is 1.35. The highest BCUT2D eigenvalue weighted by atomic mass is 16.5. The van der Waals surface area contributed by atoms with Gasteiger partial charge >= 0.3 is 5.97 Å². The van der Waals surface area contributed by atoms with Gasteiger partial charge in [-0.3, -0.25) is 0 Å². The minimum atomic E-state index is -0.899. The van der Waals surface area contributed by atoms with Gasteiger partial charge in [-0.15, -0.1) is 0 Å². The van der Waals surface area contributed by atoms with Gasteiger partial charge in [-0.05, 0) is 11.5 Å². The Morgan fingerprint density at radius 1 is 1.31 bits per heavy atom. The first-order valence-corrected chi connectivity index (χ1v) is 5.48. The van der Waals surface area contributed by atoms with Crippen LogP contribution in [0.1, 0.15) is 19.4 Å². The molecule has 0 radical (unpaired) electrons. The lowest BCUT2D eigenvalue weighted by Crippen LogP contribution is -2.27. The molecular weight excluding hydrogens is 204 g/mol. The molecule has 0 spiro atoms. The highest BCUT2D eigenvalue weighted by molar-refractivity contribution is 5.72. The van der Waals surface area contributed by atoms with E-state index >= 15 is 0 Å². The third kappa shape index (κ3) is 4.45. The average Bonchev–Trinajstić information content (AvgIpc) is 2.25. The molecule has 0 amide bonds. The number of carboxylic acids is 1. The Labute approximate surface area is 96.1 Å². The second-order valence-corrected chi connectivity index (χ2v) is 4.24. The lowest BCUT2D eigenvalue weighted by Gasteiger charge is -2.15. The van der Waals surface area contributed by atoms with Gasteiger partial charge in [-0.1, -0.05) is 44.2 Å². The first-order valence-electron chi connectivity index (χ1n) is 5.48. The number of carboxylic acid groups (broad SMARTS) is 1. The fourth-order valence-electron chi connectivity index (χ4n) is 1.35. The fraction of sp³-hybridized carbons (Fsp3) is 0.462. The van der Waals surface area contributed by atoms with Crippen molar-refractivity contribution in [3.63, 3.8) is 0 Å². The Hall–Kier alpha value is -1.35. The number of hydrogen-bond acceptors (Lipinski definition) is 2. The third-order valence-corrected chi connectivity index (χ3v) is 2.17. The summed E-state index contributed by atoms with van der Waals surface area (Å²) in [5, 5.41) is 9.02. The smallest absolute Gasteiger partial charge is 0.333 e. The quantitative estimate of drug-likeness (QED) is 0.803. The Balaban J connectivity index is 2.55. The van der Waals surface area contributed by atoms with Crippen molar-refractivity contribution in [3.05, 3.63) is 35.9 Å². The third-order valence-electron chi connectivity index (χ3n) is 2.17. The number of ether oxygens (including phenoxy) is 1. The lowest BCUT2D eigenvalue weighted by molar-refractivity contribution is -0.150. The van der Waals surface area contributed by atoms with E-state index in [-0.39, 0.29) is 0 Å². The Morgan fingerprint density at radius 2 is 1.94 bits per heavy atom. The van der Waals surface area contributed by atoms with Gasteiger partial charge in [0.05, 0.1) is 6.61 Å². The van der Waals surface area contributed by atoms with Gasteiger partial charge in [0.25, 0.3) is 0 Å². The molecule has 0 bridgehead atoms. The molecule has 0 aliphatic heterocycles. The zero-order valence-corrected chi connectivity index (χ0v) is 9.72. The predicted octanol–water partition coefficient (Wildman–Crippen LogP) is 2.35. The van der Waals surface area contributed by atoms with Crippen LogP contribution in [0.4, 0.5) is 0 Å². The van der Waals surface area contributed by atoms with E-state index in [1.54, 1.807) is 0 Å². The topological polar surface area (TPSA) is 46.5 Å². The average molecular weight is 222 g/mol. The molecule has 1 aromatic rings. The molecule has 0 aliphatic carbocycles. The first kappa shape index (κ1) is 12.7.